The van der Waals surface area contributed by atoms with Crippen LogP contribution < -0.4 is 30.2 Å². The number of hydrogen-bond donors (Lipinski definition) is 3. The number of carbonyl (C=O) groups is 3. The van der Waals surface area contributed by atoms with E-state index >= 15 is 0 Å². The molecule has 9 heteroatoms. The van der Waals surface area contributed by atoms with Crippen LogP contribution in [0.4, 0.5) is 0 Å². The van der Waals surface area contributed by atoms with Crippen molar-refractivity contribution in [1.82, 2.24) is 16.0 Å². The van der Waals surface area contributed by atoms with Gasteiger partial charge in [0.2, 0.25) is 23.5 Å². The predicted octanol–water partition coefficient (Wildman–Crippen LogP) is 2.30. The normalized spacial score (nSPS) is 14.0. The second-order valence-electron chi connectivity index (χ2n) is 8.40. The first-order valence-corrected chi connectivity index (χ1v) is 11.5. The fourth-order valence-corrected chi connectivity index (χ4v) is 4.48. The maximum Gasteiger partial charge on any atom is 0.224 e. The smallest absolute Gasteiger partial charge is 0.224 e. The van der Waals surface area contributed by atoms with Crippen molar-refractivity contribution in [3.63, 3.8) is 0 Å². The van der Waals surface area contributed by atoms with Crippen molar-refractivity contribution in [2.75, 3.05) is 34.4 Å². The van der Waals surface area contributed by atoms with E-state index in [0.717, 1.165) is 27.8 Å². The number of aryl methyl sites for hydroxylation is 1. The molecule has 1 aliphatic rings. The van der Waals surface area contributed by atoms with Gasteiger partial charge in [0.25, 0.3) is 0 Å². The van der Waals surface area contributed by atoms with Gasteiger partial charge in [0.05, 0.1) is 33.8 Å². The van der Waals surface area contributed by atoms with Crippen molar-refractivity contribution < 1.29 is 28.6 Å². The van der Waals surface area contributed by atoms with Crippen LogP contribution in [0.15, 0.2) is 24.3 Å². The van der Waals surface area contributed by atoms with Crippen LogP contribution in [0.25, 0.3) is 11.1 Å². The molecule has 2 aromatic rings. The van der Waals surface area contributed by atoms with Crippen molar-refractivity contribution in [3.8, 4) is 28.4 Å². The lowest BCUT2D eigenvalue weighted by atomic mass is 9.91. The summed E-state index contributed by atoms with van der Waals surface area (Å²) in [4.78, 5) is 35.5. The quantitative estimate of drug-likeness (QED) is 0.472. The molecular weight excluding hydrogens is 450 g/mol. The minimum atomic E-state index is -0.237. The third kappa shape index (κ3) is 6.03. The average molecular weight is 484 g/mol. The summed E-state index contributed by atoms with van der Waals surface area (Å²) in [6.45, 7) is 3.65. The number of nitrogens with one attached hydrogen (secondary N) is 3. The van der Waals surface area contributed by atoms with E-state index in [1.807, 2.05) is 24.3 Å². The van der Waals surface area contributed by atoms with Gasteiger partial charge in [-0.3, -0.25) is 14.4 Å². The Bertz CT molecular complexity index is 1110. The Hall–Kier alpha value is -3.75. The van der Waals surface area contributed by atoms with E-state index in [-0.39, 0.29) is 30.2 Å². The summed E-state index contributed by atoms with van der Waals surface area (Å²) < 4.78 is 16.9. The molecule has 0 bridgehead atoms. The lowest BCUT2D eigenvalue weighted by Gasteiger charge is -2.21. The Morgan fingerprint density at radius 1 is 0.914 bits per heavy atom. The summed E-state index contributed by atoms with van der Waals surface area (Å²) in [5, 5.41) is 8.52. The van der Waals surface area contributed by atoms with Gasteiger partial charge < -0.3 is 30.2 Å². The van der Waals surface area contributed by atoms with Crippen LogP contribution in [0.2, 0.25) is 0 Å². The summed E-state index contributed by atoms with van der Waals surface area (Å²) in [6, 6.07) is 7.55. The Balaban J connectivity index is 2.01. The molecule has 0 unspecified atom stereocenters. The fourth-order valence-electron chi connectivity index (χ4n) is 4.48. The van der Waals surface area contributed by atoms with Crippen LogP contribution in [0.1, 0.15) is 43.0 Å². The van der Waals surface area contributed by atoms with E-state index in [0.29, 0.717) is 43.2 Å². The van der Waals surface area contributed by atoms with Crippen LogP contribution in [0.5, 0.6) is 17.2 Å². The third-order valence-electron chi connectivity index (χ3n) is 5.94. The zero-order chi connectivity index (χ0) is 25.5. The fraction of sp³-hybridized carbons (Fsp3) is 0.423. The number of fused-ring (bicyclic) bond motifs is 3. The predicted molar refractivity (Wildman–Crippen MR) is 132 cm³/mol. The van der Waals surface area contributed by atoms with Crippen molar-refractivity contribution in [1.29, 1.82) is 0 Å². The molecule has 1 atom stereocenters. The summed E-state index contributed by atoms with van der Waals surface area (Å²) in [5.74, 6) is 1.23. The van der Waals surface area contributed by atoms with Gasteiger partial charge in [0.1, 0.15) is 0 Å². The highest BCUT2D eigenvalue weighted by Gasteiger charge is 2.29. The number of hydrogen-bond acceptors (Lipinski definition) is 6. The lowest BCUT2D eigenvalue weighted by molar-refractivity contribution is -0.121. The number of amides is 3. The zero-order valence-electron chi connectivity index (χ0n) is 20.9. The number of benzene rings is 2. The topological polar surface area (TPSA) is 115 Å². The van der Waals surface area contributed by atoms with E-state index in [1.165, 1.54) is 13.8 Å². The third-order valence-corrected chi connectivity index (χ3v) is 5.94. The van der Waals surface area contributed by atoms with E-state index in [4.69, 9.17) is 14.2 Å². The molecule has 0 radical (unpaired) electrons. The minimum absolute atomic E-state index is 0.129. The van der Waals surface area contributed by atoms with E-state index in [1.54, 1.807) is 21.3 Å². The van der Waals surface area contributed by atoms with Crippen LogP contribution in [-0.2, 0) is 27.2 Å². The Kier molecular flexibility index (Phi) is 8.57. The maximum atomic E-state index is 12.5. The molecular formula is C26H33N3O6. The standard InChI is InChI=1S/C26H33N3O6/c1-15(30)27-10-11-28-23(32)13-17-6-8-19-20(12-17)21(29-16(2)31)9-7-18-14-22(33-3)25(34-4)26(35-5)24(18)19/h6,8,12,14,21H,7,9-11,13H2,1-5H3,(H,27,30)(H,28,32)(H,29,31)/t21-/m0/s1. The van der Waals surface area contributed by atoms with Gasteiger partial charge in [-0.1, -0.05) is 18.2 Å². The van der Waals surface area contributed by atoms with Gasteiger partial charge in [-0.2, -0.15) is 0 Å². The van der Waals surface area contributed by atoms with Crippen molar-refractivity contribution >= 4 is 17.7 Å². The number of carbonyl (C=O) groups excluding carboxylic acids is 3. The molecule has 0 saturated carbocycles. The molecule has 3 N–H and O–H groups in total. The first-order valence-electron chi connectivity index (χ1n) is 11.5. The summed E-state index contributed by atoms with van der Waals surface area (Å²) in [7, 11) is 4.74. The maximum absolute atomic E-state index is 12.5. The largest absolute Gasteiger partial charge is 0.493 e. The number of methoxy groups -OCH3 is 3. The van der Waals surface area contributed by atoms with Crippen LogP contribution in [0.3, 0.4) is 0 Å². The number of rotatable bonds is 9. The molecule has 3 rings (SSSR count). The highest BCUT2D eigenvalue weighted by atomic mass is 16.5. The molecule has 0 heterocycles. The molecule has 0 aromatic heterocycles. The van der Waals surface area contributed by atoms with E-state index in [9.17, 15) is 14.4 Å². The highest BCUT2D eigenvalue weighted by molar-refractivity contribution is 5.85. The monoisotopic (exact) mass is 483 g/mol. The zero-order valence-corrected chi connectivity index (χ0v) is 20.9. The molecule has 1 aliphatic carbocycles. The Morgan fingerprint density at radius 2 is 1.63 bits per heavy atom. The van der Waals surface area contributed by atoms with Gasteiger partial charge in [-0.05, 0) is 41.2 Å². The SMILES string of the molecule is COc1cc2c(c(OC)c1OC)-c1ccc(CC(=O)NCCNC(C)=O)cc1[C@@H](NC(C)=O)CC2. The first kappa shape index (κ1) is 25.9. The van der Waals surface area contributed by atoms with Gasteiger partial charge >= 0.3 is 0 Å². The molecule has 2 aromatic carbocycles. The first-order chi connectivity index (χ1) is 16.8. The summed E-state index contributed by atoms with van der Waals surface area (Å²) >= 11 is 0. The van der Waals surface area contributed by atoms with Gasteiger partial charge in [0, 0.05) is 32.5 Å². The number of ether oxygens (including phenoxy) is 3. The molecule has 0 spiro atoms. The second-order valence-corrected chi connectivity index (χ2v) is 8.40. The van der Waals surface area contributed by atoms with Crippen LogP contribution in [0, 0.1) is 0 Å². The molecule has 35 heavy (non-hydrogen) atoms. The van der Waals surface area contributed by atoms with Crippen molar-refractivity contribution in [2.24, 2.45) is 0 Å². The molecule has 0 aliphatic heterocycles. The van der Waals surface area contributed by atoms with Crippen molar-refractivity contribution in [2.45, 2.75) is 39.2 Å². The van der Waals surface area contributed by atoms with E-state index < -0.39 is 0 Å². The Labute approximate surface area is 205 Å². The van der Waals surface area contributed by atoms with Gasteiger partial charge in [0.15, 0.2) is 11.5 Å². The Morgan fingerprint density at radius 3 is 2.26 bits per heavy atom. The molecule has 188 valence electrons. The average Bonchev–Trinajstić information content (AvgIpc) is 2.96. The second kappa shape index (κ2) is 11.6. The highest BCUT2D eigenvalue weighted by Crippen LogP contribution is 2.50. The molecule has 0 fully saturated rings. The van der Waals surface area contributed by atoms with Crippen LogP contribution >= 0.6 is 0 Å². The van der Waals surface area contributed by atoms with Gasteiger partial charge in [-0.25, -0.2) is 0 Å². The van der Waals surface area contributed by atoms with E-state index in [2.05, 4.69) is 16.0 Å². The van der Waals surface area contributed by atoms with Gasteiger partial charge in [-0.15, -0.1) is 0 Å². The lowest BCUT2D eigenvalue weighted by Crippen LogP contribution is -2.34. The summed E-state index contributed by atoms with van der Waals surface area (Å²) in [6.07, 6.45) is 1.53. The molecule has 0 saturated heterocycles. The van der Waals surface area contributed by atoms with Crippen LogP contribution in [-0.4, -0.2) is 52.1 Å². The molecule has 3 amide bonds. The minimum Gasteiger partial charge on any atom is -0.493 e. The molecule has 9 nitrogen and oxygen atoms in total. The summed E-state index contributed by atoms with van der Waals surface area (Å²) in [5.41, 5.74) is 4.55. The van der Waals surface area contributed by atoms with Crippen molar-refractivity contribution in [3.05, 3.63) is 41.0 Å².